The second-order valence-corrected chi connectivity index (χ2v) is 9.58. The van der Waals surface area contributed by atoms with Crippen molar-refractivity contribution in [1.82, 2.24) is 30.2 Å². The summed E-state index contributed by atoms with van der Waals surface area (Å²) in [5, 5.41) is 18.0. The van der Waals surface area contributed by atoms with E-state index < -0.39 is 0 Å². The third-order valence-electron chi connectivity index (χ3n) is 7.15. The maximum Gasteiger partial charge on any atom is 0.224 e. The van der Waals surface area contributed by atoms with Gasteiger partial charge < -0.3 is 15.1 Å². The van der Waals surface area contributed by atoms with Gasteiger partial charge in [0, 0.05) is 39.1 Å². The van der Waals surface area contributed by atoms with Gasteiger partial charge in [-0.1, -0.05) is 18.2 Å². The van der Waals surface area contributed by atoms with Gasteiger partial charge >= 0.3 is 0 Å². The number of anilines is 1. The summed E-state index contributed by atoms with van der Waals surface area (Å²) in [4.78, 5) is 28.7. The van der Waals surface area contributed by atoms with Gasteiger partial charge in [0.15, 0.2) is 5.82 Å². The summed E-state index contributed by atoms with van der Waals surface area (Å²) in [5.41, 5.74) is 3.71. The molecule has 2 aromatic heterocycles. The number of hydrogen-bond acceptors (Lipinski definition) is 6. The van der Waals surface area contributed by atoms with Crippen LogP contribution in [0.2, 0.25) is 0 Å². The Hall–Kier alpha value is -3.49. The lowest BCUT2D eigenvalue weighted by Gasteiger charge is -2.32. The number of rotatable bonds is 7. The van der Waals surface area contributed by atoms with E-state index in [1.165, 1.54) is 0 Å². The minimum Gasteiger partial charge on any atom is -0.356 e. The normalized spacial score (nSPS) is 18.5. The van der Waals surface area contributed by atoms with Crippen molar-refractivity contribution in [2.75, 3.05) is 37.6 Å². The highest BCUT2D eigenvalue weighted by molar-refractivity contribution is 5.92. The molecule has 0 bridgehead atoms. The fourth-order valence-corrected chi connectivity index (χ4v) is 5.30. The number of likely N-dealkylation sites (tertiary alicyclic amines) is 1. The van der Waals surface area contributed by atoms with Crippen molar-refractivity contribution in [3.05, 3.63) is 41.7 Å². The number of benzene rings is 1. The Balaban J connectivity index is 1.29. The van der Waals surface area contributed by atoms with Crippen LogP contribution in [-0.2, 0) is 9.59 Å². The summed E-state index contributed by atoms with van der Waals surface area (Å²) < 4.78 is 1.95. The van der Waals surface area contributed by atoms with Crippen molar-refractivity contribution in [2.24, 2.45) is 5.92 Å². The monoisotopic (exact) mass is 475 g/mol. The summed E-state index contributed by atoms with van der Waals surface area (Å²) in [6, 6.07) is 10.1. The highest BCUT2D eigenvalue weighted by atomic mass is 16.2. The van der Waals surface area contributed by atoms with E-state index in [2.05, 4.69) is 27.3 Å². The van der Waals surface area contributed by atoms with E-state index in [4.69, 9.17) is 5.10 Å². The van der Waals surface area contributed by atoms with Gasteiger partial charge in [0.25, 0.3) is 0 Å². The van der Waals surface area contributed by atoms with Crippen LogP contribution in [-0.4, -0.2) is 69.4 Å². The lowest BCUT2D eigenvalue weighted by Crippen LogP contribution is -2.44. The molecule has 1 aromatic carbocycles. The number of para-hydroxylation sites is 1. The van der Waals surface area contributed by atoms with Crippen molar-refractivity contribution in [2.45, 2.75) is 46.0 Å². The predicted octanol–water partition coefficient (Wildman–Crippen LogP) is 2.78. The SMILES string of the molecule is Cc1nnc(N2CCCC(C(=O)NCCCN3CCCC3=O)C2)c2nn(-c3ccccc3)c(C)c12. The van der Waals surface area contributed by atoms with Crippen molar-refractivity contribution in [1.29, 1.82) is 0 Å². The first-order valence-corrected chi connectivity index (χ1v) is 12.6. The van der Waals surface area contributed by atoms with Crippen molar-refractivity contribution in [3.63, 3.8) is 0 Å². The molecule has 0 spiro atoms. The van der Waals surface area contributed by atoms with E-state index in [9.17, 15) is 9.59 Å². The third-order valence-corrected chi connectivity index (χ3v) is 7.15. The standard InChI is InChI=1S/C26H33N7O2/c1-18-23-19(2)33(21-10-4-3-5-11-21)30-24(23)25(29-28-18)32-15-6-9-20(17-32)26(35)27-13-8-16-31-14-7-12-22(31)34/h3-5,10-11,20H,6-9,12-17H2,1-2H3,(H,27,35). The molecule has 4 heterocycles. The Morgan fingerprint density at radius 1 is 1.11 bits per heavy atom. The van der Waals surface area contributed by atoms with Crippen LogP contribution in [0, 0.1) is 19.8 Å². The molecule has 184 valence electrons. The molecule has 2 aliphatic heterocycles. The average Bonchev–Trinajstić information content (AvgIpc) is 3.45. The molecule has 35 heavy (non-hydrogen) atoms. The van der Waals surface area contributed by atoms with Gasteiger partial charge in [0.1, 0.15) is 5.52 Å². The molecule has 0 aliphatic carbocycles. The van der Waals surface area contributed by atoms with Gasteiger partial charge in [0.05, 0.1) is 28.4 Å². The third kappa shape index (κ3) is 4.72. The predicted molar refractivity (Wildman–Crippen MR) is 135 cm³/mol. The van der Waals surface area contributed by atoms with Crippen molar-refractivity contribution in [3.8, 4) is 5.69 Å². The van der Waals surface area contributed by atoms with Crippen LogP contribution >= 0.6 is 0 Å². The molecule has 2 aliphatic rings. The lowest BCUT2D eigenvalue weighted by atomic mass is 9.97. The van der Waals surface area contributed by atoms with Crippen LogP contribution in [0.5, 0.6) is 0 Å². The number of amides is 2. The Morgan fingerprint density at radius 2 is 1.94 bits per heavy atom. The van der Waals surface area contributed by atoms with E-state index in [0.29, 0.717) is 19.5 Å². The van der Waals surface area contributed by atoms with Crippen LogP contribution in [0.15, 0.2) is 30.3 Å². The molecule has 0 radical (unpaired) electrons. The maximum atomic E-state index is 12.9. The molecule has 0 saturated carbocycles. The van der Waals surface area contributed by atoms with Crippen LogP contribution in [0.4, 0.5) is 5.82 Å². The number of aryl methyl sites for hydroxylation is 2. The quantitative estimate of drug-likeness (QED) is 0.528. The fourth-order valence-electron chi connectivity index (χ4n) is 5.30. The van der Waals surface area contributed by atoms with Gasteiger partial charge in [-0.05, 0) is 51.7 Å². The minimum absolute atomic E-state index is 0.0739. The highest BCUT2D eigenvalue weighted by Gasteiger charge is 2.29. The van der Waals surface area contributed by atoms with Crippen LogP contribution in [0.25, 0.3) is 16.6 Å². The summed E-state index contributed by atoms with van der Waals surface area (Å²) in [7, 11) is 0. The van der Waals surface area contributed by atoms with Crippen molar-refractivity contribution < 1.29 is 9.59 Å². The van der Waals surface area contributed by atoms with Gasteiger partial charge in [-0.2, -0.15) is 10.2 Å². The highest BCUT2D eigenvalue weighted by Crippen LogP contribution is 2.31. The Labute approximate surface area is 205 Å². The summed E-state index contributed by atoms with van der Waals surface area (Å²) in [6.07, 6.45) is 4.15. The minimum atomic E-state index is -0.104. The van der Waals surface area contributed by atoms with Crippen molar-refractivity contribution >= 4 is 28.5 Å². The molecule has 2 fully saturated rings. The fraction of sp³-hybridized carbons (Fsp3) is 0.500. The number of piperidine rings is 1. The topological polar surface area (TPSA) is 96.2 Å². The Morgan fingerprint density at radius 3 is 2.71 bits per heavy atom. The van der Waals surface area contributed by atoms with E-state index in [0.717, 1.165) is 79.1 Å². The first-order valence-electron chi connectivity index (χ1n) is 12.6. The molecule has 3 aromatic rings. The molecule has 9 nitrogen and oxygen atoms in total. The Kier molecular flexibility index (Phi) is 6.66. The molecule has 1 atom stereocenters. The van der Waals surface area contributed by atoms with E-state index in [1.807, 2.05) is 46.8 Å². The number of hydrogen-bond donors (Lipinski definition) is 1. The molecule has 9 heteroatoms. The smallest absolute Gasteiger partial charge is 0.224 e. The second kappa shape index (κ2) is 10.0. The number of fused-ring (bicyclic) bond motifs is 1. The lowest BCUT2D eigenvalue weighted by molar-refractivity contribution is -0.127. The van der Waals surface area contributed by atoms with E-state index in [-0.39, 0.29) is 17.7 Å². The molecule has 5 rings (SSSR count). The zero-order chi connectivity index (χ0) is 24.4. The van der Waals surface area contributed by atoms with E-state index >= 15 is 0 Å². The average molecular weight is 476 g/mol. The molecule has 2 saturated heterocycles. The zero-order valence-electron chi connectivity index (χ0n) is 20.5. The largest absolute Gasteiger partial charge is 0.356 e. The Bertz CT molecular complexity index is 1220. The number of nitrogens with one attached hydrogen (secondary N) is 1. The first kappa shape index (κ1) is 23.3. The number of carbonyl (C=O) groups excluding carboxylic acids is 2. The van der Waals surface area contributed by atoms with Gasteiger partial charge in [-0.25, -0.2) is 4.68 Å². The number of carbonyl (C=O) groups is 2. The van der Waals surface area contributed by atoms with Crippen LogP contribution < -0.4 is 10.2 Å². The number of nitrogens with zero attached hydrogens (tertiary/aromatic N) is 6. The van der Waals surface area contributed by atoms with Crippen LogP contribution in [0.3, 0.4) is 0 Å². The second-order valence-electron chi connectivity index (χ2n) is 9.58. The zero-order valence-corrected chi connectivity index (χ0v) is 20.5. The molecule has 1 N–H and O–H groups in total. The van der Waals surface area contributed by atoms with Gasteiger partial charge in [-0.15, -0.1) is 5.10 Å². The summed E-state index contributed by atoms with van der Waals surface area (Å²) >= 11 is 0. The van der Waals surface area contributed by atoms with Gasteiger partial charge in [-0.3, -0.25) is 9.59 Å². The first-order chi connectivity index (χ1) is 17.0. The summed E-state index contributed by atoms with van der Waals surface area (Å²) in [5.74, 6) is 0.945. The molecular weight excluding hydrogens is 442 g/mol. The molecular formula is C26H33N7O2. The maximum absolute atomic E-state index is 12.9. The number of aromatic nitrogens is 4. The van der Waals surface area contributed by atoms with E-state index in [1.54, 1.807) is 0 Å². The summed E-state index contributed by atoms with van der Waals surface area (Å²) in [6.45, 7) is 7.60. The molecule has 1 unspecified atom stereocenters. The van der Waals surface area contributed by atoms with Gasteiger partial charge in [0.2, 0.25) is 11.8 Å². The van der Waals surface area contributed by atoms with Crippen LogP contribution in [0.1, 0.15) is 43.5 Å². The molecule has 2 amide bonds.